The molecule has 0 aliphatic carbocycles. The lowest BCUT2D eigenvalue weighted by atomic mass is 10.3. The predicted molar refractivity (Wildman–Crippen MR) is 28.0 cm³/mol. The van der Waals surface area contributed by atoms with Crippen LogP contribution in [0.3, 0.4) is 0 Å². The second kappa shape index (κ2) is 4.96. The van der Waals surface area contributed by atoms with Gasteiger partial charge < -0.3 is 5.32 Å². The second-order valence-electron chi connectivity index (χ2n) is 1.14. The standard InChI is InChI=1S/C5H11N/c1-3-4-5-6-2/h5-6H,1,3-4H2,2H3. The molecule has 0 heterocycles. The molecule has 0 aromatic carbocycles. The van der Waals surface area contributed by atoms with Crippen LogP contribution < -0.4 is 5.32 Å². The Labute approximate surface area is 39.7 Å². The molecule has 1 N–H and O–H groups in total. The molecular formula is C5H11N. The fourth-order valence-electron chi connectivity index (χ4n) is 0.246. The zero-order valence-corrected chi connectivity index (χ0v) is 4.20. The molecule has 0 saturated carbocycles. The highest BCUT2D eigenvalue weighted by molar-refractivity contribution is 4.56. The molecule has 0 aliphatic rings. The van der Waals surface area contributed by atoms with Gasteiger partial charge in [0.15, 0.2) is 0 Å². The molecule has 0 aromatic heterocycles. The van der Waals surface area contributed by atoms with Crippen molar-refractivity contribution in [1.29, 1.82) is 0 Å². The van der Waals surface area contributed by atoms with Crippen molar-refractivity contribution in [1.82, 2.24) is 5.32 Å². The third-order valence-electron chi connectivity index (χ3n) is 0.553. The van der Waals surface area contributed by atoms with Gasteiger partial charge in [-0.25, -0.2) is 0 Å². The summed E-state index contributed by atoms with van der Waals surface area (Å²) >= 11 is 0. The van der Waals surface area contributed by atoms with Gasteiger partial charge in [0.1, 0.15) is 0 Å². The van der Waals surface area contributed by atoms with E-state index >= 15 is 0 Å². The average Bonchev–Trinajstić information content (AvgIpc) is 1.61. The molecule has 0 aromatic rings. The molecule has 36 valence electrons. The Morgan fingerprint density at radius 2 is 2.50 bits per heavy atom. The van der Waals surface area contributed by atoms with Gasteiger partial charge >= 0.3 is 0 Å². The van der Waals surface area contributed by atoms with E-state index < -0.39 is 0 Å². The van der Waals surface area contributed by atoms with E-state index in [2.05, 4.69) is 12.2 Å². The van der Waals surface area contributed by atoms with E-state index in [9.17, 15) is 0 Å². The Hall–Kier alpha value is -0.0400. The molecule has 2 radical (unpaired) electrons. The Balaban J connectivity index is 2.34. The summed E-state index contributed by atoms with van der Waals surface area (Å²) in [5.74, 6) is 0. The van der Waals surface area contributed by atoms with Crippen LogP contribution in [0, 0.1) is 13.5 Å². The van der Waals surface area contributed by atoms with Gasteiger partial charge in [-0.3, -0.25) is 0 Å². The van der Waals surface area contributed by atoms with E-state index in [1.165, 1.54) is 0 Å². The van der Waals surface area contributed by atoms with Crippen LogP contribution in [-0.4, -0.2) is 7.05 Å². The van der Waals surface area contributed by atoms with Crippen molar-refractivity contribution in [2.24, 2.45) is 0 Å². The third kappa shape index (κ3) is 3.96. The fourth-order valence-corrected chi connectivity index (χ4v) is 0.246. The maximum Gasteiger partial charge on any atom is 0.0218 e. The van der Waals surface area contributed by atoms with E-state index in [1.54, 1.807) is 0 Å². The second-order valence-corrected chi connectivity index (χ2v) is 1.14. The number of rotatable bonds is 3. The number of unbranched alkanes of at least 4 members (excludes halogenated alkanes) is 1. The summed E-state index contributed by atoms with van der Waals surface area (Å²) in [6, 6.07) is 0. The van der Waals surface area contributed by atoms with Gasteiger partial charge in [-0.2, -0.15) is 0 Å². The summed E-state index contributed by atoms with van der Waals surface area (Å²) < 4.78 is 0. The van der Waals surface area contributed by atoms with Crippen LogP contribution in [-0.2, 0) is 0 Å². The molecule has 0 unspecified atom stereocenters. The lowest BCUT2D eigenvalue weighted by molar-refractivity contribution is 0.842. The first-order valence-electron chi connectivity index (χ1n) is 2.20. The van der Waals surface area contributed by atoms with Crippen molar-refractivity contribution in [3.05, 3.63) is 13.5 Å². The fraction of sp³-hybridized carbons (Fsp3) is 0.600. The lowest BCUT2D eigenvalue weighted by Gasteiger charge is -1.88. The van der Waals surface area contributed by atoms with Gasteiger partial charge in [-0.15, -0.1) is 0 Å². The average molecular weight is 85.1 g/mol. The van der Waals surface area contributed by atoms with Crippen molar-refractivity contribution >= 4 is 0 Å². The van der Waals surface area contributed by atoms with Crippen molar-refractivity contribution in [2.45, 2.75) is 12.8 Å². The summed E-state index contributed by atoms with van der Waals surface area (Å²) in [4.78, 5) is 0. The molecule has 0 amide bonds. The molecule has 0 spiro atoms. The Morgan fingerprint density at radius 1 is 1.83 bits per heavy atom. The largest absolute Gasteiger partial charge is 0.315 e. The van der Waals surface area contributed by atoms with Crippen LogP contribution in [0.4, 0.5) is 0 Å². The quantitative estimate of drug-likeness (QED) is 0.504. The van der Waals surface area contributed by atoms with Crippen LogP contribution in [0.2, 0.25) is 0 Å². The van der Waals surface area contributed by atoms with Gasteiger partial charge in [0.25, 0.3) is 0 Å². The van der Waals surface area contributed by atoms with Crippen LogP contribution >= 0.6 is 0 Å². The molecule has 0 aliphatic heterocycles. The zero-order valence-electron chi connectivity index (χ0n) is 4.20. The summed E-state index contributed by atoms with van der Waals surface area (Å²) in [5, 5.41) is 2.90. The van der Waals surface area contributed by atoms with Crippen LogP contribution in [0.15, 0.2) is 0 Å². The first kappa shape index (κ1) is 5.96. The first-order valence-corrected chi connectivity index (χ1v) is 2.20. The van der Waals surface area contributed by atoms with Crippen molar-refractivity contribution in [3.8, 4) is 0 Å². The smallest absolute Gasteiger partial charge is 0.0218 e. The van der Waals surface area contributed by atoms with Crippen molar-refractivity contribution < 1.29 is 0 Å². The highest BCUT2D eigenvalue weighted by Gasteiger charge is 1.74. The Bertz CT molecular complexity index is 15.9. The third-order valence-corrected chi connectivity index (χ3v) is 0.553. The van der Waals surface area contributed by atoms with Crippen molar-refractivity contribution in [2.75, 3.05) is 7.05 Å². The maximum atomic E-state index is 3.65. The van der Waals surface area contributed by atoms with E-state index in [-0.39, 0.29) is 0 Å². The highest BCUT2D eigenvalue weighted by atomic mass is 14.8. The van der Waals surface area contributed by atoms with Gasteiger partial charge in [-0.05, 0) is 13.5 Å². The molecule has 6 heavy (non-hydrogen) atoms. The number of hydrogen-bond donors (Lipinski definition) is 1. The minimum Gasteiger partial charge on any atom is -0.315 e. The van der Waals surface area contributed by atoms with Crippen LogP contribution in [0.1, 0.15) is 12.8 Å². The van der Waals surface area contributed by atoms with Gasteiger partial charge in [0, 0.05) is 6.54 Å². The van der Waals surface area contributed by atoms with Gasteiger partial charge in [-0.1, -0.05) is 13.3 Å². The minimum absolute atomic E-state index is 0.987. The number of hydrogen-bond acceptors (Lipinski definition) is 1. The van der Waals surface area contributed by atoms with Crippen molar-refractivity contribution in [3.63, 3.8) is 0 Å². The molecule has 1 heteroatoms. The topological polar surface area (TPSA) is 12.0 Å². The van der Waals surface area contributed by atoms with Gasteiger partial charge in [0.2, 0.25) is 0 Å². The normalized spacial score (nSPS) is 9.00. The lowest BCUT2D eigenvalue weighted by Crippen LogP contribution is -1.98. The maximum absolute atomic E-state index is 3.65. The van der Waals surface area contributed by atoms with Crippen LogP contribution in [0.5, 0.6) is 0 Å². The summed E-state index contributed by atoms with van der Waals surface area (Å²) in [6.45, 7) is 5.64. The van der Waals surface area contributed by atoms with E-state index in [1.807, 2.05) is 13.6 Å². The predicted octanol–water partition coefficient (Wildman–Crippen LogP) is 0.982. The molecule has 1 nitrogen and oxygen atoms in total. The molecule has 0 bridgehead atoms. The molecular weight excluding hydrogens is 74.1 g/mol. The zero-order chi connectivity index (χ0) is 4.83. The molecule has 0 atom stereocenters. The minimum atomic E-state index is 0.987. The van der Waals surface area contributed by atoms with E-state index in [4.69, 9.17) is 0 Å². The Morgan fingerprint density at radius 3 is 2.67 bits per heavy atom. The van der Waals surface area contributed by atoms with Gasteiger partial charge in [0.05, 0.1) is 0 Å². The molecule has 0 saturated heterocycles. The highest BCUT2D eigenvalue weighted by Crippen LogP contribution is 1.83. The molecule has 0 fully saturated rings. The Kier molecular flexibility index (Phi) is 4.93. The summed E-state index contributed by atoms with van der Waals surface area (Å²) in [5.41, 5.74) is 0. The van der Waals surface area contributed by atoms with Crippen LogP contribution in [0.25, 0.3) is 0 Å². The number of nitrogens with one attached hydrogen (secondary N) is 1. The summed E-state index contributed by atoms with van der Waals surface area (Å²) in [7, 11) is 1.90. The SMILES string of the molecule is [CH2]CC[CH]NC. The monoisotopic (exact) mass is 85.1 g/mol. The van der Waals surface area contributed by atoms with E-state index in [0.717, 1.165) is 12.8 Å². The van der Waals surface area contributed by atoms with E-state index in [0.29, 0.717) is 0 Å². The molecule has 0 rings (SSSR count). The summed E-state index contributed by atoms with van der Waals surface area (Å²) in [6.07, 6.45) is 2.05. The first-order chi connectivity index (χ1) is 2.91.